The molecule has 38 heavy (non-hydrogen) atoms. The monoisotopic (exact) mass is 563 g/mol. The number of aliphatic hydroxyl groups excluding tert-OH is 1. The first-order valence-corrected chi connectivity index (χ1v) is 12.7. The van der Waals surface area contributed by atoms with Crippen LogP contribution in [0.15, 0.2) is 87.3 Å². The normalized spacial score (nSPS) is 12.9. The number of nitrogens with one attached hydrogen (secondary N) is 1. The topological polar surface area (TPSA) is 169 Å². The molecule has 0 radical (unpaired) electrons. The molecule has 1 aromatic heterocycles. The Balaban J connectivity index is 0.00000400. The van der Waals surface area contributed by atoms with Crippen LogP contribution in [0.5, 0.6) is 23.1 Å². The van der Waals surface area contributed by atoms with Crippen molar-refractivity contribution in [3.05, 3.63) is 89.1 Å². The molecule has 4 rings (SSSR count). The zero-order chi connectivity index (χ0) is 26.6. The van der Waals surface area contributed by atoms with E-state index in [1.165, 1.54) is 42.5 Å². The Bertz CT molecular complexity index is 1440. The molecule has 11 nitrogen and oxygen atoms in total. The van der Waals surface area contributed by atoms with Gasteiger partial charge in [-0.25, -0.2) is 8.42 Å². The number of sulfone groups is 1. The van der Waals surface area contributed by atoms with Gasteiger partial charge in [-0.3, -0.25) is 4.63 Å². The van der Waals surface area contributed by atoms with Gasteiger partial charge in [-0.05, 0) is 65.8 Å². The Morgan fingerprint density at radius 1 is 1.05 bits per heavy atom. The van der Waals surface area contributed by atoms with Gasteiger partial charge >= 0.3 is 10.9 Å². The maximum Gasteiger partial charge on any atom is 0.420 e. The minimum absolute atomic E-state index is 0. The summed E-state index contributed by atoms with van der Waals surface area (Å²) >= 11 is 0. The molecule has 3 aromatic carbocycles. The summed E-state index contributed by atoms with van der Waals surface area (Å²) in [6, 6.07) is 18.1. The minimum atomic E-state index is -4.23. The molecule has 202 valence electrons. The van der Waals surface area contributed by atoms with Crippen molar-refractivity contribution in [3.8, 4) is 23.1 Å². The number of phenolic OH excluding ortho intramolecular Hbond substituents is 2. The van der Waals surface area contributed by atoms with E-state index in [4.69, 9.17) is 4.74 Å². The predicted molar refractivity (Wildman–Crippen MR) is 137 cm³/mol. The molecular weight excluding hydrogens is 538 g/mol. The lowest BCUT2D eigenvalue weighted by atomic mass is 10.1. The van der Waals surface area contributed by atoms with E-state index in [0.29, 0.717) is 12.0 Å². The Kier molecular flexibility index (Phi) is 9.17. The molecule has 4 N–H and O–H groups in total. The number of hydrogen-bond donors (Lipinski definition) is 4. The summed E-state index contributed by atoms with van der Waals surface area (Å²) in [5.74, 6) is -0.495. The van der Waals surface area contributed by atoms with Crippen LogP contribution < -0.4 is 15.0 Å². The highest BCUT2D eigenvalue weighted by atomic mass is 35.5. The molecule has 4 aromatic rings. The van der Waals surface area contributed by atoms with Crippen molar-refractivity contribution in [1.82, 2.24) is 10.5 Å². The number of ether oxygens (including phenoxy) is 1. The largest absolute Gasteiger partial charge is 0.508 e. The van der Waals surface area contributed by atoms with Crippen molar-refractivity contribution >= 4 is 22.2 Å². The summed E-state index contributed by atoms with van der Waals surface area (Å²) in [4.78, 5) is -0.304. The third-order valence-corrected chi connectivity index (χ3v) is 7.23. The standard InChI is InChI=1S/C25H25N3O8S.ClH/c1-16(26-15-23(31)18-12-19(29)14-20(30)13-18)11-17-7-9-21(10-8-17)35-24-25(28(32)36-27-24)37(33,34)22-5-3-2-4-6-22;/h2-10,12-14,16,23,26,29-31H,11,15H2,1H3;1H/t16-,23+;/m1./s1. The molecule has 0 aliphatic rings. The molecule has 0 amide bonds. The highest BCUT2D eigenvalue weighted by Crippen LogP contribution is 2.29. The number of hydrogen-bond acceptors (Lipinski definition) is 10. The number of benzene rings is 3. The number of aliphatic hydroxyl groups is 1. The smallest absolute Gasteiger partial charge is 0.420 e. The number of phenols is 2. The van der Waals surface area contributed by atoms with Crippen LogP contribution in [-0.2, 0) is 16.3 Å². The van der Waals surface area contributed by atoms with Gasteiger partial charge in [-0.2, -0.15) is 0 Å². The predicted octanol–water partition coefficient (Wildman–Crippen LogP) is 3.02. The van der Waals surface area contributed by atoms with Crippen LogP contribution in [0.4, 0.5) is 0 Å². The van der Waals surface area contributed by atoms with Gasteiger partial charge in [0.25, 0.3) is 9.84 Å². The first kappa shape index (κ1) is 28.7. The Hall–Kier alpha value is -3.84. The van der Waals surface area contributed by atoms with Gasteiger partial charge in [0.1, 0.15) is 17.2 Å². The van der Waals surface area contributed by atoms with E-state index >= 15 is 0 Å². The second kappa shape index (κ2) is 12.1. The number of halogens is 1. The first-order valence-electron chi connectivity index (χ1n) is 11.2. The van der Waals surface area contributed by atoms with Gasteiger partial charge < -0.3 is 30.6 Å². The summed E-state index contributed by atoms with van der Waals surface area (Å²) < 4.78 is 35.8. The SMILES string of the molecule is C[C@H](Cc1ccc(Oc2no[n+]([O-])c2S(=O)(=O)c2ccccc2)cc1)NC[C@H](O)c1cc(O)cc(O)c1.Cl. The maximum atomic E-state index is 12.9. The summed E-state index contributed by atoms with van der Waals surface area (Å²) in [6.45, 7) is 2.13. The Labute approximate surface area is 224 Å². The van der Waals surface area contributed by atoms with Crippen LogP contribution in [0.3, 0.4) is 0 Å². The van der Waals surface area contributed by atoms with Gasteiger partial charge in [0, 0.05) is 18.7 Å². The summed E-state index contributed by atoms with van der Waals surface area (Å²) in [7, 11) is -4.23. The van der Waals surface area contributed by atoms with Crippen molar-refractivity contribution in [2.45, 2.75) is 35.4 Å². The van der Waals surface area contributed by atoms with Gasteiger partial charge in [0.15, 0.2) is 0 Å². The van der Waals surface area contributed by atoms with E-state index in [9.17, 15) is 28.9 Å². The van der Waals surface area contributed by atoms with E-state index in [2.05, 4.69) is 15.1 Å². The lowest BCUT2D eigenvalue weighted by Crippen LogP contribution is -2.32. The van der Waals surface area contributed by atoms with Crippen molar-refractivity contribution in [2.24, 2.45) is 0 Å². The lowest BCUT2D eigenvalue weighted by molar-refractivity contribution is -0.832. The summed E-state index contributed by atoms with van der Waals surface area (Å²) in [6.07, 6.45) is -0.333. The Morgan fingerprint density at radius 2 is 1.68 bits per heavy atom. The maximum absolute atomic E-state index is 12.9. The van der Waals surface area contributed by atoms with Crippen molar-refractivity contribution in [2.75, 3.05) is 6.54 Å². The van der Waals surface area contributed by atoms with Gasteiger partial charge in [0.2, 0.25) is 0 Å². The fraction of sp³-hybridized carbons (Fsp3) is 0.200. The third kappa shape index (κ3) is 6.72. The summed E-state index contributed by atoms with van der Waals surface area (Å²) in [5.41, 5.74) is 1.31. The van der Waals surface area contributed by atoms with E-state index in [1.807, 2.05) is 6.92 Å². The quantitative estimate of drug-likeness (QED) is 0.210. The highest BCUT2D eigenvalue weighted by molar-refractivity contribution is 7.91. The third-order valence-electron chi connectivity index (χ3n) is 5.50. The van der Waals surface area contributed by atoms with Gasteiger partial charge in [0.05, 0.1) is 16.2 Å². The average Bonchev–Trinajstić information content (AvgIpc) is 3.24. The van der Waals surface area contributed by atoms with Crippen LogP contribution >= 0.6 is 12.4 Å². The number of rotatable bonds is 10. The van der Waals surface area contributed by atoms with Gasteiger partial charge in [-0.15, -0.1) is 12.4 Å². The molecule has 13 heteroatoms. The van der Waals surface area contributed by atoms with Crippen molar-refractivity contribution < 1.29 is 38.0 Å². The fourth-order valence-electron chi connectivity index (χ4n) is 3.69. The zero-order valence-electron chi connectivity index (χ0n) is 20.1. The second-order valence-corrected chi connectivity index (χ2v) is 10.3. The summed E-state index contributed by atoms with van der Waals surface area (Å²) in [5, 5.41) is 47.4. The van der Waals surface area contributed by atoms with E-state index < -0.39 is 26.8 Å². The first-order chi connectivity index (χ1) is 17.6. The Morgan fingerprint density at radius 3 is 2.32 bits per heavy atom. The average molecular weight is 564 g/mol. The van der Waals surface area contributed by atoms with E-state index in [0.717, 1.165) is 5.56 Å². The molecule has 0 bridgehead atoms. The molecule has 0 aliphatic heterocycles. The van der Waals surface area contributed by atoms with Crippen LogP contribution in [0, 0.1) is 5.21 Å². The molecule has 0 unspecified atom stereocenters. The lowest BCUT2D eigenvalue weighted by Gasteiger charge is -2.18. The second-order valence-electron chi connectivity index (χ2n) is 8.41. The molecule has 2 atom stereocenters. The molecule has 0 saturated carbocycles. The highest BCUT2D eigenvalue weighted by Gasteiger charge is 2.36. The molecule has 0 aliphatic carbocycles. The van der Waals surface area contributed by atoms with Crippen LogP contribution in [0.1, 0.15) is 24.2 Å². The van der Waals surface area contributed by atoms with E-state index in [-0.39, 0.29) is 52.0 Å². The fourth-order valence-corrected chi connectivity index (χ4v) is 4.96. The zero-order valence-corrected chi connectivity index (χ0v) is 21.7. The number of nitrogens with zero attached hydrogens (tertiary/aromatic N) is 2. The van der Waals surface area contributed by atoms with Crippen molar-refractivity contribution in [3.63, 3.8) is 0 Å². The van der Waals surface area contributed by atoms with Crippen LogP contribution in [-0.4, -0.2) is 41.5 Å². The minimum Gasteiger partial charge on any atom is -0.508 e. The van der Waals surface area contributed by atoms with E-state index in [1.54, 1.807) is 30.3 Å². The van der Waals surface area contributed by atoms with Crippen molar-refractivity contribution in [1.29, 1.82) is 0 Å². The van der Waals surface area contributed by atoms with Crippen LogP contribution in [0.2, 0.25) is 0 Å². The molecule has 0 spiro atoms. The van der Waals surface area contributed by atoms with Crippen LogP contribution in [0.25, 0.3) is 0 Å². The molecular formula is C25H26ClN3O8S. The van der Waals surface area contributed by atoms with Gasteiger partial charge in [-0.1, -0.05) is 30.3 Å². The molecule has 0 fully saturated rings. The number of aromatic hydroxyl groups is 2. The number of aromatic nitrogens is 2. The molecule has 0 saturated heterocycles. The molecule has 1 heterocycles.